The molecule has 1 amide bonds. The molecule has 1 N–H and O–H groups in total. The molecule has 0 saturated heterocycles. The quantitative estimate of drug-likeness (QED) is 0.519. The molecular weight excluding hydrogens is 396 g/mol. The van der Waals surface area contributed by atoms with E-state index in [4.69, 9.17) is 0 Å². The maximum atomic E-state index is 12.5. The number of nitro benzene ring substituents is 1. The Kier molecular flexibility index (Phi) is 6.93. The summed E-state index contributed by atoms with van der Waals surface area (Å²) in [6.07, 6.45) is 0. The lowest BCUT2D eigenvalue weighted by Crippen LogP contribution is -2.30. The maximum Gasteiger partial charge on any atom is 0.293 e. The second-order valence-corrected chi connectivity index (χ2v) is 8.36. The molecule has 0 aromatic heterocycles. The van der Waals surface area contributed by atoms with Gasteiger partial charge in [-0.3, -0.25) is 14.9 Å². The molecule has 0 aliphatic rings. The van der Waals surface area contributed by atoms with E-state index in [1.807, 2.05) is 0 Å². The minimum Gasteiger partial charge on any atom is -0.372 e. The minimum atomic E-state index is -3.59. The zero-order valence-electron chi connectivity index (χ0n) is 16.7. The molecule has 0 saturated carbocycles. The Labute approximate surface area is 170 Å². The Morgan fingerprint density at radius 1 is 1.07 bits per heavy atom. The predicted octanol–water partition coefficient (Wildman–Crippen LogP) is 2.94. The summed E-state index contributed by atoms with van der Waals surface area (Å²) in [6.45, 7) is 4.24. The summed E-state index contributed by atoms with van der Waals surface area (Å²) < 4.78 is 26.4. The number of hydrogen-bond donors (Lipinski definition) is 1. The molecule has 2 aromatic carbocycles. The molecule has 2 aromatic rings. The third-order valence-electron chi connectivity index (χ3n) is 4.37. The van der Waals surface area contributed by atoms with Gasteiger partial charge in [-0.15, -0.1) is 0 Å². The van der Waals surface area contributed by atoms with E-state index in [1.165, 1.54) is 46.8 Å². The molecule has 0 heterocycles. The molecule has 2 rings (SSSR count). The number of nitrogens with one attached hydrogen (secondary N) is 1. The van der Waals surface area contributed by atoms with Gasteiger partial charge < -0.3 is 10.2 Å². The first-order valence-electron chi connectivity index (χ1n) is 8.99. The molecule has 0 bridgehead atoms. The van der Waals surface area contributed by atoms with Gasteiger partial charge in [0, 0.05) is 44.5 Å². The van der Waals surface area contributed by atoms with Crippen molar-refractivity contribution in [3.05, 3.63) is 58.1 Å². The van der Waals surface area contributed by atoms with E-state index in [0.717, 1.165) is 0 Å². The molecule has 0 unspecified atom stereocenters. The van der Waals surface area contributed by atoms with E-state index < -0.39 is 20.9 Å². The third kappa shape index (κ3) is 4.90. The van der Waals surface area contributed by atoms with Gasteiger partial charge in [-0.1, -0.05) is 13.8 Å². The zero-order chi connectivity index (χ0) is 21.8. The molecule has 0 atom stereocenters. The minimum absolute atomic E-state index is 0.127. The van der Waals surface area contributed by atoms with Gasteiger partial charge >= 0.3 is 0 Å². The summed E-state index contributed by atoms with van der Waals surface area (Å²) in [5.74, 6) is -0.530. The number of carbonyl (C=O) groups excluding carboxylic acids is 1. The number of rotatable bonds is 8. The van der Waals surface area contributed by atoms with Crippen LogP contribution >= 0.6 is 0 Å². The molecule has 10 heteroatoms. The fraction of sp³-hybridized carbons (Fsp3) is 0.316. The maximum absolute atomic E-state index is 12.5. The number of hydrogen-bond acceptors (Lipinski definition) is 6. The molecule has 156 valence electrons. The number of nitrogens with zero attached hydrogens (tertiary/aromatic N) is 3. The van der Waals surface area contributed by atoms with Crippen molar-refractivity contribution in [2.24, 2.45) is 0 Å². The van der Waals surface area contributed by atoms with Crippen molar-refractivity contribution >= 4 is 33.0 Å². The van der Waals surface area contributed by atoms with Crippen LogP contribution in [0.15, 0.2) is 47.4 Å². The second-order valence-electron chi connectivity index (χ2n) is 6.42. The highest BCUT2D eigenvalue weighted by Gasteiger charge is 2.22. The van der Waals surface area contributed by atoms with Crippen LogP contribution in [0, 0.1) is 10.1 Å². The predicted molar refractivity (Wildman–Crippen MR) is 112 cm³/mol. The van der Waals surface area contributed by atoms with E-state index >= 15 is 0 Å². The van der Waals surface area contributed by atoms with Gasteiger partial charge in [0.05, 0.1) is 9.82 Å². The van der Waals surface area contributed by atoms with Crippen LogP contribution in [0.4, 0.5) is 17.1 Å². The summed E-state index contributed by atoms with van der Waals surface area (Å²) in [4.78, 5) is 24.9. The number of amides is 1. The summed E-state index contributed by atoms with van der Waals surface area (Å²) in [7, 11) is -0.233. The van der Waals surface area contributed by atoms with Crippen LogP contribution in [0.1, 0.15) is 24.2 Å². The number of benzene rings is 2. The Hall–Kier alpha value is -2.98. The van der Waals surface area contributed by atoms with Gasteiger partial charge in [0.1, 0.15) is 5.69 Å². The smallest absolute Gasteiger partial charge is 0.293 e. The Bertz CT molecular complexity index is 1000. The average Bonchev–Trinajstić information content (AvgIpc) is 2.68. The number of sulfonamides is 1. The third-order valence-corrected chi connectivity index (χ3v) is 6.44. The molecular formula is C19H24N4O5S. The lowest BCUT2D eigenvalue weighted by atomic mass is 10.1. The SMILES string of the molecule is CCN(CC)S(=O)(=O)c1ccc(NC(=O)c2ccc(N(C)C)c([N+](=O)[O-])c2)cc1. The Morgan fingerprint density at radius 2 is 1.66 bits per heavy atom. The van der Waals surface area contributed by atoms with Crippen LogP contribution in [0.3, 0.4) is 0 Å². The van der Waals surface area contributed by atoms with Crippen molar-refractivity contribution in [3.8, 4) is 0 Å². The van der Waals surface area contributed by atoms with Crippen LogP contribution in [-0.4, -0.2) is 50.7 Å². The molecule has 0 aliphatic carbocycles. The normalized spacial score (nSPS) is 11.3. The molecule has 0 fully saturated rings. The number of nitro groups is 1. The lowest BCUT2D eigenvalue weighted by molar-refractivity contribution is -0.384. The fourth-order valence-corrected chi connectivity index (χ4v) is 4.27. The van der Waals surface area contributed by atoms with E-state index in [1.54, 1.807) is 32.8 Å². The Morgan fingerprint density at radius 3 is 2.14 bits per heavy atom. The summed E-state index contributed by atoms with van der Waals surface area (Å²) >= 11 is 0. The lowest BCUT2D eigenvalue weighted by Gasteiger charge is -2.18. The molecule has 0 aliphatic heterocycles. The van der Waals surface area contributed by atoms with Crippen molar-refractivity contribution in [2.45, 2.75) is 18.7 Å². The summed E-state index contributed by atoms with van der Waals surface area (Å²) in [5, 5.41) is 13.9. The topological polar surface area (TPSA) is 113 Å². The van der Waals surface area contributed by atoms with E-state index in [-0.39, 0.29) is 16.1 Å². The molecule has 29 heavy (non-hydrogen) atoms. The van der Waals surface area contributed by atoms with Gasteiger partial charge in [-0.05, 0) is 36.4 Å². The first kappa shape index (κ1) is 22.3. The van der Waals surface area contributed by atoms with Crippen molar-refractivity contribution in [1.82, 2.24) is 4.31 Å². The van der Waals surface area contributed by atoms with Gasteiger partial charge in [-0.2, -0.15) is 4.31 Å². The van der Waals surface area contributed by atoms with Gasteiger partial charge in [0.25, 0.3) is 11.6 Å². The number of carbonyl (C=O) groups is 1. The second kappa shape index (κ2) is 9.01. The van der Waals surface area contributed by atoms with Crippen LogP contribution in [0.5, 0.6) is 0 Å². The highest BCUT2D eigenvalue weighted by atomic mass is 32.2. The van der Waals surface area contributed by atoms with Crippen molar-refractivity contribution in [2.75, 3.05) is 37.4 Å². The van der Waals surface area contributed by atoms with Crippen LogP contribution in [0.25, 0.3) is 0 Å². The van der Waals surface area contributed by atoms with Crippen LogP contribution < -0.4 is 10.2 Å². The Balaban J connectivity index is 2.24. The first-order valence-corrected chi connectivity index (χ1v) is 10.4. The van der Waals surface area contributed by atoms with Crippen molar-refractivity contribution < 1.29 is 18.1 Å². The molecule has 0 spiro atoms. The summed E-state index contributed by atoms with van der Waals surface area (Å²) in [6, 6.07) is 10.0. The highest BCUT2D eigenvalue weighted by molar-refractivity contribution is 7.89. The van der Waals surface area contributed by atoms with Crippen molar-refractivity contribution in [3.63, 3.8) is 0 Å². The fourth-order valence-electron chi connectivity index (χ4n) is 2.82. The van der Waals surface area contributed by atoms with Crippen LogP contribution in [-0.2, 0) is 10.0 Å². The largest absolute Gasteiger partial charge is 0.372 e. The van der Waals surface area contributed by atoms with Gasteiger partial charge in [-0.25, -0.2) is 8.42 Å². The zero-order valence-corrected chi connectivity index (χ0v) is 17.6. The van der Waals surface area contributed by atoms with Gasteiger partial charge in [0.2, 0.25) is 10.0 Å². The standard InChI is InChI=1S/C19H24N4O5S/c1-5-22(6-2)29(27,28)16-10-8-15(9-11-16)20-19(24)14-7-12-17(21(3)4)18(13-14)23(25)26/h7-13H,5-6H2,1-4H3,(H,20,24). The average molecular weight is 420 g/mol. The van der Waals surface area contributed by atoms with Gasteiger partial charge in [0.15, 0.2) is 0 Å². The van der Waals surface area contributed by atoms with Crippen molar-refractivity contribution in [1.29, 1.82) is 0 Å². The first-order chi connectivity index (χ1) is 13.6. The molecule has 0 radical (unpaired) electrons. The number of anilines is 2. The molecule has 9 nitrogen and oxygen atoms in total. The van der Waals surface area contributed by atoms with E-state index in [2.05, 4.69) is 5.32 Å². The monoisotopic (exact) mass is 420 g/mol. The van der Waals surface area contributed by atoms with E-state index in [0.29, 0.717) is 24.5 Å². The highest BCUT2D eigenvalue weighted by Crippen LogP contribution is 2.28. The van der Waals surface area contributed by atoms with Crippen LogP contribution in [0.2, 0.25) is 0 Å². The summed E-state index contributed by atoms with van der Waals surface area (Å²) in [5.41, 5.74) is 0.718. The van der Waals surface area contributed by atoms with E-state index in [9.17, 15) is 23.3 Å².